The van der Waals surface area contributed by atoms with Crippen molar-refractivity contribution in [3.05, 3.63) is 47.8 Å². The number of thiophene rings is 1. The minimum atomic E-state index is -3.65. The highest BCUT2D eigenvalue weighted by Gasteiger charge is 2.48. The summed E-state index contributed by atoms with van der Waals surface area (Å²) in [7, 11) is -7.01. The minimum Gasteiger partial charge on any atom is -0.369 e. The molecule has 27 heavy (non-hydrogen) atoms. The number of rotatable bonds is 4. The van der Waals surface area contributed by atoms with Crippen LogP contribution in [0, 0.1) is 0 Å². The third-order valence-electron chi connectivity index (χ3n) is 5.35. The lowest BCUT2D eigenvalue weighted by molar-refractivity contribution is 0.202. The van der Waals surface area contributed by atoms with Gasteiger partial charge in [0.2, 0.25) is 0 Å². The van der Waals surface area contributed by atoms with Crippen LogP contribution in [0.5, 0.6) is 0 Å². The van der Waals surface area contributed by atoms with E-state index in [4.69, 9.17) is 0 Å². The maximum absolute atomic E-state index is 13.0. The van der Waals surface area contributed by atoms with Crippen LogP contribution in [0.4, 0.5) is 5.69 Å². The molecule has 0 aliphatic carbocycles. The molecular formula is C18H22N2O4S3. The summed E-state index contributed by atoms with van der Waals surface area (Å²) in [4.78, 5) is 4.31. The zero-order valence-electron chi connectivity index (χ0n) is 14.8. The Balaban J connectivity index is 1.54. The Morgan fingerprint density at radius 2 is 1.63 bits per heavy atom. The maximum Gasteiger partial charge on any atom is 0.193 e. The van der Waals surface area contributed by atoms with E-state index in [9.17, 15) is 16.8 Å². The Morgan fingerprint density at radius 1 is 0.926 bits per heavy atom. The van der Waals surface area contributed by atoms with Crippen LogP contribution in [0.1, 0.15) is 0 Å². The smallest absolute Gasteiger partial charge is 0.193 e. The van der Waals surface area contributed by atoms with Crippen molar-refractivity contribution < 1.29 is 16.8 Å². The fourth-order valence-corrected chi connectivity index (χ4v) is 10.0. The Bertz CT molecular complexity index is 980. The first-order valence-corrected chi connectivity index (χ1v) is 13.1. The van der Waals surface area contributed by atoms with Gasteiger partial charge in [-0.1, -0.05) is 24.3 Å². The van der Waals surface area contributed by atoms with E-state index in [1.54, 1.807) is 17.5 Å². The zero-order valence-corrected chi connectivity index (χ0v) is 17.2. The molecule has 146 valence electrons. The minimum absolute atomic E-state index is 0.0758. The van der Waals surface area contributed by atoms with Crippen molar-refractivity contribution in [2.75, 3.05) is 42.6 Å². The predicted octanol–water partition coefficient (Wildman–Crippen LogP) is 1.51. The molecule has 2 atom stereocenters. The van der Waals surface area contributed by atoms with Crippen LogP contribution >= 0.6 is 11.3 Å². The SMILES string of the molecule is O=S1(=O)CC(N2CCN(c3ccccc3)CC2)C(S(=O)(=O)c2cccs2)C1. The highest BCUT2D eigenvalue weighted by Crippen LogP contribution is 2.31. The first-order valence-electron chi connectivity index (χ1n) is 8.89. The number of anilines is 1. The molecule has 9 heteroatoms. The van der Waals surface area contributed by atoms with Crippen molar-refractivity contribution in [1.29, 1.82) is 0 Å². The fraction of sp³-hybridized carbons (Fsp3) is 0.444. The van der Waals surface area contributed by atoms with Gasteiger partial charge in [0, 0.05) is 37.9 Å². The number of benzene rings is 1. The van der Waals surface area contributed by atoms with E-state index >= 15 is 0 Å². The number of hydrogen-bond acceptors (Lipinski definition) is 7. The van der Waals surface area contributed by atoms with Crippen LogP contribution in [0.15, 0.2) is 52.1 Å². The summed E-state index contributed by atoms with van der Waals surface area (Å²) in [6.45, 7) is 2.83. The summed E-state index contributed by atoms with van der Waals surface area (Å²) in [6.07, 6.45) is 0. The molecule has 2 fully saturated rings. The largest absolute Gasteiger partial charge is 0.369 e. The Morgan fingerprint density at radius 3 is 2.26 bits per heavy atom. The quantitative estimate of drug-likeness (QED) is 0.738. The van der Waals surface area contributed by atoms with Gasteiger partial charge < -0.3 is 4.90 Å². The van der Waals surface area contributed by atoms with Gasteiger partial charge in [0.15, 0.2) is 19.7 Å². The van der Waals surface area contributed by atoms with Crippen LogP contribution < -0.4 is 4.90 Å². The van der Waals surface area contributed by atoms with Gasteiger partial charge in [-0.2, -0.15) is 0 Å². The predicted molar refractivity (Wildman–Crippen MR) is 108 cm³/mol. The highest BCUT2D eigenvalue weighted by atomic mass is 32.2. The van der Waals surface area contributed by atoms with Crippen LogP contribution in [0.2, 0.25) is 0 Å². The van der Waals surface area contributed by atoms with E-state index < -0.39 is 31.0 Å². The van der Waals surface area contributed by atoms with Crippen molar-refractivity contribution in [3.8, 4) is 0 Å². The molecule has 2 aliphatic heterocycles. The van der Waals surface area contributed by atoms with E-state index in [0.717, 1.165) is 30.1 Å². The molecule has 0 spiro atoms. The molecule has 2 aromatic rings. The molecule has 2 aliphatic rings. The van der Waals surface area contributed by atoms with Crippen molar-refractivity contribution in [2.45, 2.75) is 15.5 Å². The van der Waals surface area contributed by atoms with Gasteiger partial charge in [0.05, 0.1) is 16.8 Å². The molecule has 6 nitrogen and oxygen atoms in total. The van der Waals surface area contributed by atoms with Crippen molar-refractivity contribution >= 4 is 36.7 Å². The number of para-hydroxylation sites is 1. The lowest BCUT2D eigenvalue weighted by Crippen LogP contribution is -2.54. The molecule has 1 aromatic heterocycles. The number of nitrogens with zero attached hydrogens (tertiary/aromatic N) is 2. The van der Waals surface area contributed by atoms with E-state index in [2.05, 4.69) is 21.9 Å². The topological polar surface area (TPSA) is 74.8 Å². The summed E-state index contributed by atoms with van der Waals surface area (Å²) in [5, 5.41) is 0.827. The summed E-state index contributed by atoms with van der Waals surface area (Å²) < 4.78 is 50.9. The van der Waals surface area contributed by atoms with Gasteiger partial charge in [0.25, 0.3) is 0 Å². The zero-order chi connectivity index (χ0) is 19.1. The molecular weight excluding hydrogens is 404 g/mol. The van der Waals surface area contributed by atoms with Gasteiger partial charge in [-0.25, -0.2) is 16.8 Å². The van der Waals surface area contributed by atoms with Crippen LogP contribution in [0.25, 0.3) is 0 Å². The lowest BCUT2D eigenvalue weighted by Gasteiger charge is -2.40. The Labute approximate surface area is 164 Å². The second kappa shape index (κ2) is 7.20. The van der Waals surface area contributed by atoms with Crippen molar-refractivity contribution in [3.63, 3.8) is 0 Å². The second-order valence-corrected chi connectivity index (χ2v) is 12.5. The van der Waals surface area contributed by atoms with Gasteiger partial charge in [-0.05, 0) is 23.6 Å². The van der Waals surface area contributed by atoms with Gasteiger partial charge in [-0.3, -0.25) is 4.90 Å². The van der Waals surface area contributed by atoms with Crippen molar-refractivity contribution in [2.24, 2.45) is 0 Å². The maximum atomic E-state index is 13.0. The Hall–Kier alpha value is -1.42. The van der Waals surface area contributed by atoms with Crippen LogP contribution in [-0.4, -0.2) is 70.7 Å². The first kappa shape index (κ1) is 18.9. The number of sulfone groups is 2. The molecule has 1 aromatic carbocycles. The van der Waals surface area contributed by atoms with E-state index in [0.29, 0.717) is 13.1 Å². The first-order chi connectivity index (χ1) is 12.9. The molecule has 0 amide bonds. The molecule has 0 bridgehead atoms. The summed E-state index contributed by atoms with van der Waals surface area (Å²) >= 11 is 1.15. The second-order valence-electron chi connectivity index (χ2n) is 7.02. The normalized spacial score (nSPS) is 26.3. The third-order valence-corrected chi connectivity index (χ3v) is 10.9. The van der Waals surface area contributed by atoms with Crippen molar-refractivity contribution in [1.82, 2.24) is 4.90 Å². The molecule has 0 N–H and O–H groups in total. The highest BCUT2D eigenvalue weighted by molar-refractivity contribution is 7.97. The summed E-state index contributed by atoms with van der Waals surface area (Å²) in [5.41, 5.74) is 1.14. The monoisotopic (exact) mass is 426 g/mol. The molecule has 2 saturated heterocycles. The summed E-state index contributed by atoms with van der Waals surface area (Å²) in [5.74, 6) is -0.357. The number of piperazine rings is 1. The molecule has 0 saturated carbocycles. The van der Waals surface area contributed by atoms with Crippen LogP contribution in [0.3, 0.4) is 0 Å². The van der Waals surface area contributed by atoms with Gasteiger partial charge >= 0.3 is 0 Å². The van der Waals surface area contributed by atoms with E-state index in [1.165, 1.54) is 0 Å². The molecule has 0 radical (unpaired) electrons. The molecule has 4 rings (SSSR count). The number of hydrogen-bond donors (Lipinski definition) is 0. The van der Waals surface area contributed by atoms with Gasteiger partial charge in [0.1, 0.15) is 4.21 Å². The van der Waals surface area contributed by atoms with E-state index in [-0.39, 0.29) is 15.7 Å². The third kappa shape index (κ3) is 3.78. The van der Waals surface area contributed by atoms with Crippen LogP contribution in [-0.2, 0) is 19.7 Å². The standard InChI is InChI=1S/C18H22N2O4S3/c21-26(22)13-16(17(14-26)27(23,24)18-7-4-12-25-18)20-10-8-19(9-11-20)15-5-2-1-3-6-15/h1-7,12,16-17H,8-11,13-14H2. The lowest BCUT2D eigenvalue weighted by atomic mass is 10.1. The van der Waals surface area contributed by atoms with E-state index in [1.807, 2.05) is 18.2 Å². The molecule has 2 unspecified atom stereocenters. The molecule has 3 heterocycles. The fourth-order valence-electron chi connectivity index (χ4n) is 3.96. The average Bonchev–Trinajstić information content (AvgIpc) is 3.31. The van der Waals surface area contributed by atoms with Gasteiger partial charge in [-0.15, -0.1) is 11.3 Å². The average molecular weight is 427 g/mol. The Kier molecular flexibility index (Phi) is 5.04. The summed E-state index contributed by atoms with van der Waals surface area (Å²) in [6, 6.07) is 12.9.